The number of carbonyl (C=O) groups excluding carboxylic acids is 1. The molecule has 2 aromatic carbocycles. The molecule has 6 heteroatoms. The lowest BCUT2D eigenvalue weighted by atomic mass is 10.1. The van der Waals surface area contributed by atoms with Gasteiger partial charge in [0.25, 0.3) is 0 Å². The highest BCUT2D eigenvalue weighted by molar-refractivity contribution is 7.91. The second-order valence-corrected chi connectivity index (χ2v) is 7.52. The van der Waals surface area contributed by atoms with E-state index in [1.807, 2.05) is 6.92 Å². The fourth-order valence-corrected chi connectivity index (χ4v) is 3.56. The Bertz CT molecular complexity index is 794. The lowest BCUT2D eigenvalue weighted by Crippen LogP contribution is -2.17. The van der Waals surface area contributed by atoms with E-state index in [2.05, 4.69) is 0 Å². The van der Waals surface area contributed by atoms with E-state index in [0.29, 0.717) is 12.0 Å². The van der Waals surface area contributed by atoms with E-state index in [9.17, 15) is 13.2 Å². The Morgan fingerprint density at radius 2 is 1.54 bits per heavy atom. The van der Waals surface area contributed by atoms with Crippen LogP contribution in [0.25, 0.3) is 0 Å². The minimum absolute atomic E-state index is 0.0166. The zero-order valence-corrected chi connectivity index (χ0v) is 14.5. The quantitative estimate of drug-likeness (QED) is 0.812. The van der Waals surface area contributed by atoms with E-state index in [1.165, 1.54) is 24.3 Å². The molecular weight excluding hydrogens is 326 g/mol. The van der Waals surface area contributed by atoms with E-state index in [4.69, 9.17) is 10.5 Å². The van der Waals surface area contributed by atoms with Crippen LogP contribution in [0.1, 0.15) is 29.8 Å². The lowest BCUT2D eigenvalue weighted by molar-refractivity contribution is 0.0526. The van der Waals surface area contributed by atoms with Crippen LogP contribution in [-0.4, -0.2) is 27.0 Å². The van der Waals surface area contributed by atoms with Gasteiger partial charge in [-0.15, -0.1) is 0 Å². The van der Waals surface area contributed by atoms with Crippen molar-refractivity contribution in [3.8, 4) is 0 Å². The van der Waals surface area contributed by atoms with Crippen molar-refractivity contribution in [3.63, 3.8) is 0 Å². The van der Waals surface area contributed by atoms with Crippen molar-refractivity contribution in [2.24, 2.45) is 5.73 Å². The molecule has 0 aliphatic heterocycles. The summed E-state index contributed by atoms with van der Waals surface area (Å²) in [4.78, 5) is 12.0. The lowest BCUT2D eigenvalue weighted by Gasteiger charge is -2.08. The van der Waals surface area contributed by atoms with Crippen molar-refractivity contribution < 1.29 is 17.9 Å². The molecule has 0 heterocycles. The van der Waals surface area contributed by atoms with E-state index in [1.54, 1.807) is 31.2 Å². The van der Waals surface area contributed by atoms with E-state index in [0.717, 1.165) is 5.56 Å². The van der Waals surface area contributed by atoms with Crippen molar-refractivity contribution in [1.82, 2.24) is 0 Å². The number of rotatable bonds is 6. The van der Waals surface area contributed by atoms with Crippen LogP contribution in [-0.2, 0) is 21.0 Å². The van der Waals surface area contributed by atoms with Gasteiger partial charge in [-0.05, 0) is 62.2 Å². The second-order valence-electron chi connectivity index (χ2n) is 5.57. The second kappa shape index (κ2) is 7.59. The van der Waals surface area contributed by atoms with E-state index < -0.39 is 15.8 Å². The smallest absolute Gasteiger partial charge is 0.338 e. The Hall–Kier alpha value is -2.18. The largest absolute Gasteiger partial charge is 0.462 e. The maximum Gasteiger partial charge on any atom is 0.338 e. The molecule has 0 saturated heterocycles. The number of esters is 1. The molecule has 2 rings (SSSR count). The Morgan fingerprint density at radius 1 is 1.04 bits per heavy atom. The zero-order chi connectivity index (χ0) is 17.7. The minimum atomic E-state index is -3.62. The SMILES string of the molecule is CCOC(=O)c1ccc(S(=O)(=O)c2ccc(CC(C)N)cc2)cc1. The zero-order valence-electron chi connectivity index (χ0n) is 13.7. The number of nitrogens with two attached hydrogens (primary N) is 1. The van der Waals surface area contributed by atoms with Crippen LogP contribution >= 0.6 is 0 Å². The molecule has 0 amide bonds. The molecule has 0 spiro atoms. The van der Waals surface area contributed by atoms with Crippen LogP contribution < -0.4 is 5.73 Å². The number of benzene rings is 2. The van der Waals surface area contributed by atoms with Crippen LogP contribution in [0.2, 0.25) is 0 Å². The van der Waals surface area contributed by atoms with E-state index >= 15 is 0 Å². The molecule has 0 bridgehead atoms. The Balaban J connectivity index is 2.25. The van der Waals surface area contributed by atoms with Crippen LogP contribution in [0.4, 0.5) is 0 Å². The summed E-state index contributed by atoms with van der Waals surface area (Å²) in [6.07, 6.45) is 0.689. The number of hydrogen-bond acceptors (Lipinski definition) is 5. The summed E-state index contributed by atoms with van der Waals surface area (Å²) in [7, 11) is -3.62. The minimum Gasteiger partial charge on any atom is -0.462 e. The molecule has 0 aliphatic rings. The first-order valence-corrected chi connectivity index (χ1v) is 9.19. The van der Waals surface area contributed by atoms with Gasteiger partial charge in [-0.1, -0.05) is 12.1 Å². The van der Waals surface area contributed by atoms with Gasteiger partial charge in [-0.2, -0.15) is 0 Å². The van der Waals surface area contributed by atoms with Crippen LogP contribution in [0.15, 0.2) is 58.3 Å². The van der Waals surface area contributed by atoms with Gasteiger partial charge in [-0.3, -0.25) is 0 Å². The highest BCUT2D eigenvalue weighted by atomic mass is 32.2. The molecule has 0 saturated carbocycles. The molecule has 24 heavy (non-hydrogen) atoms. The summed E-state index contributed by atoms with van der Waals surface area (Å²) in [6, 6.07) is 12.4. The summed E-state index contributed by atoms with van der Waals surface area (Å²) in [5.74, 6) is -0.471. The predicted molar refractivity (Wildman–Crippen MR) is 91.6 cm³/mol. The van der Waals surface area contributed by atoms with Gasteiger partial charge in [-0.25, -0.2) is 13.2 Å². The fourth-order valence-electron chi connectivity index (χ4n) is 2.30. The molecule has 5 nitrogen and oxygen atoms in total. The maximum atomic E-state index is 12.6. The standard InChI is InChI=1S/C18H21NO4S/c1-3-23-18(20)15-6-10-17(11-7-15)24(21,22)16-8-4-14(5-9-16)12-13(2)19/h4-11,13H,3,12,19H2,1-2H3. The topological polar surface area (TPSA) is 86.5 Å². The van der Waals surface area contributed by atoms with Crippen molar-refractivity contribution in [2.75, 3.05) is 6.61 Å². The molecule has 2 N–H and O–H groups in total. The normalized spacial score (nSPS) is 12.6. The molecule has 1 unspecified atom stereocenters. The van der Waals surface area contributed by atoms with Gasteiger partial charge in [0.05, 0.1) is 22.0 Å². The van der Waals surface area contributed by atoms with Crippen LogP contribution in [0.3, 0.4) is 0 Å². The summed E-state index contributed by atoms with van der Waals surface area (Å²) >= 11 is 0. The van der Waals surface area contributed by atoms with Crippen molar-refractivity contribution in [2.45, 2.75) is 36.1 Å². The summed E-state index contributed by atoms with van der Waals surface area (Å²) in [5.41, 5.74) is 7.05. The first-order chi connectivity index (χ1) is 11.3. The summed E-state index contributed by atoms with van der Waals surface area (Å²) in [6.45, 7) is 3.88. The molecular formula is C18H21NO4S. The van der Waals surface area contributed by atoms with Gasteiger partial charge in [0.2, 0.25) is 9.84 Å². The highest BCUT2D eigenvalue weighted by Gasteiger charge is 2.18. The third-order valence-corrected chi connectivity index (χ3v) is 5.25. The van der Waals surface area contributed by atoms with Crippen molar-refractivity contribution >= 4 is 15.8 Å². The Morgan fingerprint density at radius 3 is 2.00 bits per heavy atom. The summed E-state index contributed by atoms with van der Waals surface area (Å²) < 4.78 is 30.2. The van der Waals surface area contributed by atoms with Crippen LogP contribution in [0.5, 0.6) is 0 Å². The number of hydrogen-bond donors (Lipinski definition) is 1. The van der Waals surface area contributed by atoms with Gasteiger partial charge in [0.15, 0.2) is 0 Å². The number of sulfone groups is 1. The molecule has 0 fully saturated rings. The third-order valence-electron chi connectivity index (χ3n) is 3.47. The molecule has 2 aromatic rings. The Labute approximate surface area is 142 Å². The molecule has 0 aliphatic carbocycles. The summed E-state index contributed by atoms with van der Waals surface area (Å²) in [5, 5.41) is 0. The van der Waals surface area contributed by atoms with Gasteiger partial charge < -0.3 is 10.5 Å². The van der Waals surface area contributed by atoms with Gasteiger partial charge in [0.1, 0.15) is 0 Å². The number of ether oxygens (including phenoxy) is 1. The van der Waals surface area contributed by atoms with Gasteiger partial charge >= 0.3 is 5.97 Å². The molecule has 128 valence electrons. The Kier molecular flexibility index (Phi) is 5.75. The van der Waals surface area contributed by atoms with E-state index in [-0.39, 0.29) is 22.4 Å². The first kappa shape index (κ1) is 18.2. The van der Waals surface area contributed by atoms with Crippen LogP contribution in [0, 0.1) is 0 Å². The molecule has 1 atom stereocenters. The first-order valence-electron chi connectivity index (χ1n) is 7.71. The van der Waals surface area contributed by atoms with Crippen molar-refractivity contribution in [1.29, 1.82) is 0 Å². The monoisotopic (exact) mass is 347 g/mol. The maximum absolute atomic E-state index is 12.6. The number of carbonyl (C=O) groups is 1. The van der Waals surface area contributed by atoms with Gasteiger partial charge in [0, 0.05) is 6.04 Å². The van der Waals surface area contributed by atoms with Crippen molar-refractivity contribution in [3.05, 3.63) is 59.7 Å². The highest BCUT2D eigenvalue weighted by Crippen LogP contribution is 2.22. The third kappa shape index (κ3) is 4.21. The fraction of sp³-hybridized carbons (Fsp3) is 0.278. The average molecular weight is 347 g/mol. The average Bonchev–Trinajstić information content (AvgIpc) is 2.55. The molecule has 0 radical (unpaired) electrons. The molecule has 0 aromatic heterocycles. The predicted octanol–water partition coefficient (Wildman–Crippen LogP) is 2.59.